The third-order valence-electron chi connectivity index (χ3n) is 2.69. The molecule has 132 valence electrons. The molecule has 10 heteroatoms. The Labute approximate surface area is 128 Å². The first-order valence-electron chi connectivity index (χ1n) is 6.73. The van der Waals surface area contributed by atoms with E-state index in [2.05, 4.69) is 0 Å². The molecule has 0 aliphatic carbocycles. The molecule has 0 radical (unpaired) electrons. The monoisotopic (exact) mass is 327 g/mol. The Balaban J connectivity index is 5.60. The van der Waals surface area contributed by atoms with E-state index in [4.69, 9.17) is 45.1 Å². The van der Waals surface area contributed by atoms with Gasteiger partial charge in [0.2, 0.25) is 5.60 Å². The van der Waals surface area contributed by atoms with Crippen molar-refractivity contribution in [2.45, 2.75) is 18.5 Å². The highest BCUT2D eigenvalue weighted by atomic mass is 16.9. The average molecular weight is 327 g/mol. The van der Waals surface area contributed by atoms with E-state index in [-0.39, 0.29) is 26.4 Å². The zero-order valence-corrected chi connectivity index (χ0v) is 12.6. The summed E-state index contributed by atoms with van der Waals surface area (Å²) < 4.78 is 21.1. The summed E-state index contributed by atoms with van der Waals surface area (Å²) in [5.74, 6) is -3.22. The smallest absolute Gasteiger partial charge is 0.323 e. The lowest BCUT2D eigenvalue weighted by Gasteiger charge is -2.43. The van der Waals surface area contributed by atoms with Gasteiger partial charge in [-0.15, -0.1) is 0 Å². The van der Waals surface area contributed by atoms with Crippen molar-refractivity contribution in [1.29, 1.82) is 0 Å². The predicted molar refractivity (Wildman–Crippen MR) is 72.5 cm³/mol. The maximum absolute atomic E-state index is 11.9. The third-order valence-corrected chi connectivity index (χ3v) is 2.69. The number of carbonyl (C=O) groups is 1. The normalized spacial score (nSPS) is 14.8. The molecule has 1 unspecified atom stereocenters. The Kier molecular flexibility index (Phi) is 10.4. The number of nitrogens with two attached hydrogens (primary N) is 1. The van der Waals surface area contributed by atoms with E-state index in [9.17, 15) is 4.79 Å². The molecule has 0 aliphatic heterocycles. The molecule has 0 heterocycles. The quantitative estimate of drug-likeness (QED) is 0.208. The topological polar surface area (TPSA) is 161 Å². The van der Waals surface area contributed by atoms with Crippen LogP contribution in [0.25, 0.3) is 0 Å². The third kappa shape index (κ3) is 5.41. The van der Waals surface area contributed by atoms with Crippen molar-refractivity contribution in [2.24, 2.45) is 5.73 Å². The predicted octanol–water partition coefficient (Wildman–Crippen LogP) is -3.08. The van der Waals surface area contributed by atoms with Gasteiger partial charge >= 0.3 is 5.97 Å². The lowest BCUT2D eigenvalue weighted by atomic mass is 10.0. The van der Waals surface area contributed by atoms with Crippen LogP contribution in [0.15, 0.2) is 0 Å². The molecule has 0 rings (SSSR count). The van der Waals surface area contributed by atoms with Crippen LogP contribution in [0.1, 0.15) is 6.92 Å². The van der Waals surface area contributed by atoms with Crippen molar-refractivity contribution in [3.8, 4) is 0 Å². The molecular weight excluding hydrogens is 302 g/mol. The minimum absolute atomic E-state index is 0.269. The summed E-state index contributed by atoms with van der Waals surface area (Å²) in [6.45, 7) is -1.57. The second-order valence-electron chi connectivity index (χ2n) is 4.24. The van der Waals surface area contributed by atoms with Crippen LogP contribution in [0.2, 0.25) is 0 Å². The SMILES string of the molecule is CC(OCCO)(C(N)=O)C(OCCO)(OCCO)OCCO. The molecule has 0 aliphatic rings. The molecule has 0 saturated heterocycles. The van der Waals surface area contributed by atoms with Crippen LogP contribution in [0.5, 0.6) is 0 Å². The Bertz CT molecular complexity index is 293. The van der Waals surface area contributed by atoms with Gasteiger partial charge < -0.3 is 45.1 Å². The van der Waals surface area contributed by atoms with Gasteiger partial charge in [-0.05, 0) is 6.92 Å². The highest BCUT2D eigenvalue weighted by molar-refractivity contribution is 5.84. The Morgan fingerprint density at radius 1 is 0.818 bits per heavy atom. The minimum atomic E-state index is -2.21. The van der Waals surface area contributed by atoms with E-state index in [1.165, 1.54) is 6.92 Å². The van der Waals surface area contributed by atoms with E-state index in [0.717, 1.165) is 0 Å². The molecule has 0 aromatic carbocycles. The summed E-state index contributed by atoms with van der Waals surface area (Å²) in [6, 6.07) is 0. The fourth-order valence-corrected chi connectivity index (χ4v) is 1.64. The van der Waals surface area contributed by atoms with Crippen LogP contribution >= 0.6 is 0 Å². The number of aliphatic hydroxyl groups is 4. The van der Waals surface area contributed by atoms with Crippen LogP contribution in [-0.4, -0.2) is 90.8 Å². The molecule has 6 N–H and O–H groups in total. The molecule has 1 atom stereocenters. The van der Waals surface area contributed by atoms with Crippen LogP contribution in [-0.2, 0) is 23.7 Å². The van der Waals surface area contributed by atoms with E-state index in [1.54, 1.807) is 0 Å². The van der Waals surface area contributed by atoms with E-state index in [0.29, 0.717) is 0 Å². The molecular formula is C12H25NO9. The fraction of sp³-hybridized carbons (Fsp3) is 0.917. The van der Waals surface area contributed by atoms with Gasteiger partial charge in [-0.3, -0.25) is 4.79 Å². The molecule has 0 spiro atoms. The first-order chi connectivity index (χ1) is 10.4. The Hall–Kier alpha value is -0.850. The first kappa shape index (κ1) is 21.1. The van der Waals surface area contributed by atoms with Crippen LogP contribution in [0.3, 0.4) is 0 Å². The maximum atomic E-state index is 11.9. The number of amides is 1. The van der Waals surface area contributed by atoms with Crippen molar-refractivity contribution in [3.63, 3.8) is 0 Å². The van der Waals surface area contributed by atoms with Crippen molar-refractivity contribution in [3.05, 3.63) is 0 Å². The molecule has 0 bridgehead atoms. The first-order valence-corrected chi connectivity index (χ1v) is 6.73. The van der Waals surface area contributed by atoms with Gasteiger partial charge in [0.05, 0.1) is 52.9 Å². The van der Waals surface area contributed by atoms with Crippen molar-refractivity contribution in [1.82, 2.24) is 0 Å². The van der Waals surface area contributed by atoms with E-state index in [1.807, 2.05) is 0 Å². The van der Waals surface area contributed by atoms with Crippen LogP contribution in [0.4, 0.5) is 0 Å². The lowest BCUT2D eigenvalue weighted by molar-refractivity contribution is -0.435. The molecule has 0 fully saturated rings. The minimum Gasteiger partial charge on any atom is -0.394 e. The van der Waals surface area contributed by atoms with Crippen molar-refractivity contribution >= 4 is 5.91 Å². The number of carbonyl (C=O) groups excluding carboxylic acids is 1. The zero-order chi connectivity index (χ0) is 17.1. The second kappa shape index (κ2) is 10.8. The van der Waals surface area contributed by atoms with Crippen LogP contribution < -0.4 is 5.73 Å². The van der Waals surface area contributed by atoms with Gasteiger partial charge in [-0.25, -0.2) is 0 Å². The number of aliphatic hydroxyl groups excluding tert-OH is 4. The van der Waals surface area contributed by atoms with Gasteiger partial charge in [0.15, 0.2) is 0 Å². The number of primary amides is 1. The van der Waals surface area contributed by atoms with Crippen molar-refractivity contribution in [2.75, 3.05) is 52.9 Å². The molecule has 0 saturated carbocycles. The van der Waals surface area contributed by atoms with Crippen molar-refractivity contribution < 1.29 is 44.2 Å². The highest BCUT2D eigenvalue weighted by Crippen LogP contribution is 2.33. The van der Waals surface area contributed by atoms with Crippen LogP contribution in [0, 0.1) is 0 Å². The molecule has 10 nitrogen and oxygen atoms in total. The van der Waals surface area contributed by atoms with Gasteiger partial charge in [0, 0.05) is 0 Å². The number of ether oxygens (including phenoxy) is 4. The standard InChI is InChI=1S/C12H25NO9/c1-11(10(13)18,19-6-2-14)12(20-7-3-15,21-8-4-16)22-9-5-17/h14-17H,2-9H2,1H3,(H2,13,18). The molecule has 22 heavy (non-hydrogen) atoms. The summed E-state index contributed by atoms with van der Waals surface area (Å²) in [6.07, 6.45) is 0. The van der Waals surface area contributed by atoms with Gasteiger partial charge in [-0.1, -0.05) is 0 Å². The summed E-state index contributed by atoms with van der Waals surface area (Å²) in [7, 11) is 0. The largest absolute Gasteiger partial charge is 0.394 e. The lowest BCUT2D eigenvalue weighted by Crippen LogP contribution is -2.66. The number of rotatable bonds is 14. The van der Waals surface area contributed by atoms with Gasteiger partial charge in [0.1, 0.15) is 0 Å². The van der Waals surface area contributed by atoms with E-state index >= 15 is 0 Å². The fourth-order valence-electron chi connectivity index (χ4n) is 1.64. The number of hydrogen-bond acceptors (Lipinski definition) is 9. The molecule has 0 aromatic heterocycles. The molecule has 0 aromatic rings. The average Bonchev–Trinajstić information content (AvgIpc) is 2.51. The maximum Gasteiger partial charge on any atom is 0.323 e. The van der Waals surface area contributed by atoms with Gasteiger partial charge in [-0.2, -0.15) is 0 Å². The summed E-state index contributed by atoms with van der Waals surface area (Å²) in [4.78, 5) is 11.9. The zero-order valence-electron chi connectivity index (χ0n) is 12.6. The highest BCUT2D eigenvalue weighted by Gasteiger charge is 2.58. The summed E-state index contributed by atoms with van der Waals surface area (Å²) in [5, 5.41) is 35.7. The molecule has 1 amide bonds. The van der Waals surface area contributed by atoms with E-state index < -0.39 is 43.9 Å². The summed E-state index contributed by atoms with van der Waals surface area (Å²) >= 11 is 0. The van der Waals surface area contributed by atoms with Gasteiger partial charge in [0.25, 0.3) is 5.91 Å². The number of hydrogen-bond donors (Lipinski definition) is 5. The Morgan fingerprint density at radius 2 is 1.14 bits per heavy atom. The Morgan fingerprint density at radius 3 is 1.41 bits per heavy atom. The summed E-state index contributed by atoms with van der Waals surface area (Å²) in [5.41, 5.74) is 3.34. The second-order valence-corrected chi connectivity index (χ2v) is 4.24.